The Labute approximate surface area is 100 Å². The fourth-order valence-electron chi connectivity index (χ4n) is 1.87. The minimum absolute atomic E-state index is 0.167. The fraction of sp³-hybridized carbons (Fsp3) is 1.00. The third kappa shape index (κ3) is 10.4. The van der Waals surface area contributed by atoms with Gasteiger partial charge in [-0.05, 0) is 13.5 Å². The highest BCUT2D eigenvalue weighted by atomic mass is 16.3. The van der Waals surface area contributed by atoms with E-state index in [0.717, 1.165) is 12.8 Å². The molecule has 0 spiro atoms. The van der Waals surface area contributed by atoms with Crippen LogP contribution in [0.2, 0.25) is 0 Å². The van der Waals surface area contributed by atoms with Crippen LogP contribution in [0, 0.1) is 0 Å². The fourth-order valence-corrected chi connectivity index (χ4v) is 1.87. The van der Waals surface area contributed by atoms with E-state index >= 15 is 0 Å². The zero-order chi connectivity index (χ0) is 12.2. The predicted octanol–water partition coefficient (Wildman–Crippen LogP) is 2.02. The summed E-state index contributed by atoms with van der Waals surface area (Å²) in [7, 11) is 1.93. The number of hydrogen-bond acceptors (Lipinski definition) is 3. The maximum Gasteiger partial charge on any atom is 0.0667 e. The zero-order valence-electron chi connectivity index (χ0n) is 11.0. The van der Waals surface area contributed by atoms with Crippen molar-refractivity contribution < 1.29 is 10.2 Å². The summed E-state index contributed by atoms with van der Waals surface area (Å²) in [6.45, 7) is 3.71. The Kier molecular flexibility index (Phi) is 11.3. The second-order valence-corrected chi connectivity index (χ2v) is 4.70. The molecule has 0 rings (SSSR count). The van der Waals surface area contributed by atoms with Gasteiger partial charge in [0.25, 0.3) is 0 Å². The highest BCUT2D eigenvalue weighted by molar-refractivity contribution is 4.61. The number of aliphatic hydroxyl groups excluding tert-OH is 2. The molecule has 0 heterocycles. The number of likely N-dealkylation sites (N-methyl/N-ethyl adjacent to an activating group) is 1. The van der Waals surface area contributed by atoms with E-state index in [1.54, 1.807) is 0 Å². The van der Waals surface area contributed by atoms with E-state index in [9.17, 15) is 5.11 Å². The molecule has 0 saturated heterocycles. The lowest BCUT2D eigenvalue weighted by Gasteiger charge is -2.19. The van der Waals surface area contributed by atoms with Crippen LogP contribution in [0.25, 0.3) is 0 Å². The normalized spacial score (nSPS) is 13.3. The lowest BCUT2D eigenvalue weighted by Crippen LogP contribution is -2.31. The number of rotatable bonds is 11. The van der Waals surface area contributed by atoms with E-state index in [1.807, 2.05) is 11.9 Å². The van der Waals surface area contributed by atoms with Crippen molar-refractivity contribution >= 4 is 0 Å². The van der Waals surface area contributed by atoms with Crippen LogP contribution in [0.1, 0.15) is 51.9 Å². The molecule has 0 saturated carbocycles. The van der Waals surface area contributed by atoms with Gasteiger partial charge in [-0.25, -0.2) is 0 Å². The first-order valence-electron chi connectivity index (χ1n) is 6.68. The molecule has 1 atom stereocenters. The molecule has 3 heteroatoms. The molecule has 0 aromatic carbocycles. The maximum absolute atomic E-state index is 9.73. The highest BCUT2D eigenvalue weighted by Gasteiger charge is 2.07. The summed E-state index contributed by atoms with van der Waals surface area (Å²) in [4.78, 5) is 1.97. The minimum Gasteiger partial charge on any atom is -0.395 e. The topological polar surface area (TPSA) is 43.7 Å². The van der Waals surface area contributed by atoms with Crippen molar-refractivity contribution in [2.75, 3.05) is 26.7 Å². The molecule has 2 N–H and O–H groups in total. The van der Waals surface area contributed by atoms with Gasteiger partial charge in [-0.3, -0.25) is 0 Å². The Bertz CT molecular complexity index is 142. The average Bonchev–Trinajstić information content (AvgIpc) is 2.23. The molecule has 0 bridgehead atoms. The third-order valence-corrected chi connectivity index (χ3v) is 2.90. The number of nitrogens with zero attached hydrogens (tertiary/aromatic N) is 1. The van der Waals surface area contributed by atoms with Crippen molar-refractivity contribution in [3.63, 3.8) is 0 Å². The molecule has 3 nitrogen and oxygen atoms in total. The van der Waals surface area contributed by atoms with Crippen LogP contribution in [0.4, 0.5) is 0 Å². The Hall–Kier alpha value is -0.120. The van der Waals surface area contributed by atoms with Gasteiger partial charge in [0.2, 0.25) is 0 Å². The van der Waals surface area contributed by atoms with Crippen molar-refractivity contribution in [2.45, 2.75) is 58.0 Å². The van der Waals surface area contributed by atoms with Gasteiger partial charge in [-0.1, -0.05) is 45.4 Å². The molecule has 0 aliphatic heterocycles. The van der Waals surface area contributed by atoms with E-state index in [-0.39, 0.29) is 12.7 Å². The molecule has 16 heavy (non-hydrogen) atoms. The summed E-state index contributed by atoms with van der Waals surface area (Å²) in [5.74, 6) is 0. The summed E-state index contributed by atoms with van der Waals surface area (Å²) in [5.41, 5.74) is 0. The van der Waals surface area contributed by atoms with Gasteiger partial charge in [0.15, 0.2) is 0 Å². The molecule has 98 valence electrons. The molecule has 0 aromatic rings. The quantitative estimate of drug-likeness (QED) is 0.535. The maximum atomic E-state index is 9.73. The summed E-state index contributed by atoms with van der Waals surface area (Å²) in [5, 5.41) is 18.4. The van der Waals surface area contributed by atoms with E-state index in [4.69, 9.17) is 5.11 Å². The number of aliphatic hydroxyl groups is 2. The van der Waals surface area contributed by atoms with E-state index in [0.29, 0.717) is 13.1 Å². The lowest BCUT2D eigenvalue weighted by atomic mass is 10.1. The average molecular weight is 231 g/mol. The van der Waals surface area contributed by atoms with Crippen molar-refractivity contribution in [2.24, 2.45) is 0 Å². The van der Waals surface area contributed by atoms with Crippen molar-refractivity contribution in [3.05, 3.63) is 0 Å². The molecule has 0 radical (unpaired) electrons. The first-order valence-corrected chi connectivity index (χ1v) is 6.68. The second kappa shape index (κ2) is 11.4. The predicted molar refractivity (Wildman–Crippen MR) is 68.6 cm³/mol. The van der Waals surface area contributed by atoms with Gasteiger partial charge in [-0.2, -0.15) is 0 Å². The van der Waals surface area contributed by atoms with Crippen LogP contribution >= 0.6 is 0 Å². The van der Waals surface area contributed by atoms with E-state index in [2.05, 4.69) is 6.92 Å². The van der Waals surface area contributed by atoms with Crippen molar-refractivity contribution in [1.82, 2.24) is 4.90 Å². The molecule has 0 aliphatic carbocycles. The zero-order valence-corrected chi connectivity index (χ0v) is 11.0. The van der Waals surface area contributed by atoms with Crippen LogP contribution < -0.4 is 0 Å². The van der Waals surface area contributed by atoms with E-state index < -0.39 is 0 Å². The molecule has 0 aliphatic rings. The van der Waals surface area contributed by atoms with Gasteiger partial charge >= 0.3 is 0 Å². The smallest absolute Gasteiger partial charge is 0.0667 e. The van der Waals surface area contributed by atoms with Gasteiger partial charge in [-0.15, -0.1) is 0 Å². The van der Waals surface area contributed by atoms with Gasteiger partial charge in [0.1, 0.15) is 0 Å². The summed E-state index contributed by atoms with van der Waals surface area (Å²) < 4.78 is 0. The Balaban J connectivity index is 3.26. The van der Waals surface area contributed by atoms with Gasteiger partial charge in [0.05, 0.1) is 12.7 Å². The Morgan fingerprint density at radius 1 is 1.06 bits per heavy atom. The summed E-state index contributed by atoms with van der Waals surface area (Å²) >= 11 is 0. The SMILES string of the molecule is CCCCCCCCC(O)CN(C)CCO. The monoisotopic (exact) mass is 231 g/mol. The number of unbranched alkanes of at least 4 members (excludes halogenated alkanes) is 5. The molecule has 0 aromatic heterocycles. The summed E-state index contributed by atoms with van der Waals surface area (Å²) in [6, 6.07) is 0. The van der Waals surface area contributed by atoms with Crippen LogP contribution in [0.15, 0.2) is 0 Å². The Morgan fingerprint density at radius 2 is 1.69 bits per heavy atom. The molecular weight excluding hydrogens is 202 g/mol. The van der Waals surface area contributed by atoms with Crippen LogP contribution in [0.5, 0.6) is 0 Å². The third-order valence-electron chi connectivity index (χ3n) is 2.90. The molecule has 0 amide bonds. The summed E-state index contributed by atoms with van der Waals surface area (Å²) in [6.07, 6.45) is 8.27. The lowest BCUT2D eigenvalue weighted by molar-refractivity contribution is 0.105. The molecular formula is C13H29NO2. The largest absolute Gasteiger partial charge is 0.395 e. The Morgan fingerprint density at radius 3 is 2.31 bits per heavy atom. The van der Waals surface area contributed by atoms with Crippen LogP contribution in [-0.4, -0.2) is 48.0 Å². The van der Waals surface area contributed by atoms with Crippen LogP contribution in [0.3, 0.4) is 0 Å². The standard InChI is InChI=1S/C13H29NO2/c1-3-4-5-6-7-8-9-13(16)12-14(2)10-11-15/h13,15-16H,3-12H2,1-2H3. The molecule has 1 unspecified atom stereocenters. The van der Waals surface area contributed by atoms with Gasteiger partial charge < -0.3 is 15.1 Å². The minimum atomic E-state index is -0.234. The molecule has 0 fully saturated rings. The highest BCUT2D eigenvalue weighted by Crippen LogP contribution is 2.09. The van der Waals surface area contributed by atoms with E-state index in [1.165, 1.54) is 32.1 Å². The second-order valence-electron chi connectivity index (χ2n) is 4.70. The first-order chi connectivity index (χ1) is 7.70. The van der Waals surface area contributed by atoms with Crippen molar-refractivity contribution in [3.8, 4) is 0 Å². The van der Waals surface area contributed by atoms with Crippen molar-refractivity contribution in [1.29, 1.82) is 0 Å². The number of hydrogen-bond donors (Lipinski definition) is 2. The first kappa shape index (κ1) is 15.9. The van der Waals surface area contributed by atoms with Crippen LogP contribution in [-0.2, 0) is 0 Å². The van der Waals surface area contributed by atoms with Gasteiger partial charge in [0, 0.05) is 13.1 Å².